The third-order valence-electron chi connectivity index (χ3n) is 4.78. The Labute approximate surface area is 154 Å². The number of hydrogen-bond acceptors (Lipinski definition) is 4. The number of ether oxygens (including phenoxy) is 1. The Morgan fingerprint density at radius 1 is 1.23 bits per heavy atom. The Morgan fingerprint density at radius 3 is 2.65 bits per heavy atom. The first-order chi connectivity index (χ1) is 12.4. The molecule has 1 aliphatic carbocycles. The lowest BCUT2D eigenvalue weighted by Crippen LogP contribution is -2.44. The van der Waals surface area contributed by atoms with Crippen LogP contribution in [0.15, 0.2) is 24.3 Å². The Balaban J connectivity index is 1.76. The fraction of sp³-hybridized carbons (Fsp3) is 0.550. The Bertz CT molecular complexity index is 659. The van der Waals surface area contributed by atoms with Crippen LogP contribution in [0.3, 0.4) is 0 Å². The van der Waals surface area contributed by atoms with Crippen molar-refractivity contribution in [3.63, 3.8) is 0 Å². The van der Waals surface area contributed by atoms with Crippen molar-refractivity contribution in [1.82, 2.24) is 10.6 Å². The van der Waals surface area contributed by atoms with E-state index in [4.69, 9.17) is 4.74 Å². The summed E-state index contributed by atoms with van der Waals surface area (Å²) in [7, 11) is 0. The van der Waals surface area contributed by atoms with Gasteiger partial charge in [0.2, 0.25) is 0 Å². The smallest absolute Gasteiger partial charge is 0.328 e. The Hall–Kier alpha value is -2.37. The summed E-state index contributed by atoms with van der Waals surface area (Å²) in [6, 6.07) is 6.41. The van der Waals surface area contributed by atoms with Crippen LogP contribution >= 0.6 is 0 Å². The molecule has 1 aliphatic rings. The maximum atomic E-state index is 12.2. The molecule has 0 heterocycles. The molecule has 0 saturated heterocycles. The first-order valence-electron chi connectivity index (χ1n) is 9.20. The van der Waals surface area contributed by atoms with Crippen LogP contribution < -0.4 is 10.6 Å². The first kappa shape index (κ1) is 19.9. The number of carbonyl (C=O) groups is 3. The van der Waals surface area contributed by atoms with Gasteiger partial charge in [-0.25, -0.2) is 4.79 Å². The summed E-state index contributed by atoms with van der Waals surface area (Å²) >= 11 is 0. The molecule has 0 spiro atoms. The largest absolute Gasteiger partial charge is 0.454 e. The zero-order chi connectivity index (χ0) is 19.1. The van der Waals surface area contributed by atoms with Gasteiger partial charge in [0, 0.05) is 11.6 Å². The molecule has 0 aromatic heterocycles. The highest BCUT2D eigenvalue weighted by Crippen LogP contribution is 2.23. The molecule has 2 N–H and O–H groups in total. The van der Waals surface area contributed by atoms with Crippen LogP contribution in [0.4, 0.5) is 0 Å². The Kier molecular flexibility index (Phi) is 7.18. The van der Waals surface area contributed by atoms with Crippen molar-refractivity contribution in [1.29, 1.82) is 0 Å². The summed E-state index contributed by atoms with van der Waals surface area (Å²) in [6.45, 7) is 5.23. The summed E-state index contributed by atoms with van der Waals surface area (Å²) in [5, 5.41) is 5.52. The maximum Gasteiger partial charge on any atom is 0.328 e. The van der Waals surface area contributed by atoms with Crippen LogP contribution in [0.25, 0.3) is 0 Å². The lowest BCUT2D eigenvalue weighted by molar-refractivity contribution is -0.150. The van der Waals surface area contributed by atoms with Crippen LogP contribution in [0.5, 0.6) is 0 Å². The predicted octanol–water partition coefficient (Wildman–Crippen LogP) is 2.35. The number of benzene rings is 1. The molecule has 1 aromatic rings. The standard InChI is InChI=1S/C20H28N2O4/c1-13-7-6-9-16(11-13)19(24)21-15(3)20(25)26-12-18(23)22-17-10-5-4-8-14(17)2/h6-7,9,11,14-15,17H,4-5,8,10,12H2,1-3H3,(H,21,24)(H,22,23)/t14-,15+,17-/m1/s1. The van der Waals surface area contributed by atoms with Gasteiger partial charge in [0.1, 0.15) is 6.04 Å². The number of hydrogen-bond donors (Lipinski definition) is 2. The molecule has 6 nitrogen and oxygen atoms in total. The van der Waals surface area contributed by atoms with E-state index in [1.54, 1.807) is 18.2 Å². The SMILES string of the molecule is Cc1cccc(C(=O)N[C@@H](C)C(=O)OCC(=O)N[C@@H]2CCCC[C@H]2C)c1. The third-order valence-corrected chi connectivity index (χ3v) is 4.78. The number of esters is 1. The van der Waals surface area contributed by atoms with Crippen LogP contribution in [0.2, 0.25) is 0 Å². The molecule has 1 aromatic carbocycles. The topological polar surface area (TPSA) is 84.5 Å². The summed E-state index contributed by atoms with van der Waals surface area (Å²) < 4.78 is 5.04. The van der Waals surface area contributed by atoms with E-state index in [9.17, 15) is 14.4 Å². The van der Waals surface area contributed by atoms with Gasteiger partial charge in [-0.2, -0.15) is 0 Å². The lowest BCUT2D eigenvalue weighted by Gasteiger charge is -2.29. The summed E-state index contributed by atoms with van der Waals surface area (Å²) in [5.74, 6) is -0.832. The first-order valence-corrected chi connectivity index (χ1v) is 9.20. The molecule has 1 fully saturated rings. The average molecular weight is 360 g/mol. The monoisotopic (exact) mass is 360 g/mol. The molecule has 2 amide bonds. The molecule has 142 valence electrons. The number of carbonyl (C=O) groups excluding carboxylic acids is 3. The lowest BCUT2D eigenvalue weighted by atomic mass is 9.86. The van der Waals surface area contributed by atoms with E-state index in [1.165, 1.54) is 13.3 Å². The van der Waals surface area contributed by atoms with E-state index in [-0.39, 0.29) is 24.5 Å². The highest BCUT2D eigenvalue weighted by atomic mass is 16.5. The van der Waals surface area contributed by atoms with Crippen molar-refractivity contribution in [3.05, 3.63) is 35.4 Å². The summed E-state index contributed by atoms with van der Waals surface area (Å²) in [6.07, 6.45) is 4.37. The summed E-state index contributed by atoms with van der Waals surface area (Å²) in [5.41, 5.74) is 1.44. The molecule has 6 heteroatoms. The van der Waals surface area contributed by atoms with E-state index in [0.717, 1.165) is 24.8 Å². The van der Waals surface area contributed by atoms with Crippen LogP contribution in [0, 0.1) is 12.8 Å². The number of rotatable bonds is 6. The molecule has 26 heavy (non-hydrogen) atoms. The molecular formula is C20H28N2O4. The van der Waals surface area contributed by atoms with E-state index >= 15 is 0 Å². The van der Waals surface area contributed by atoms with Crippen molar-refractivity contribution < 1.29 is 19.1 Å². The van der Waals surface area contributed by atoms with Gasteiger partial charge in [0.15, 0.2) is 6.61 Å². The molecule has 1 saturated carbocycles. The van der Waals surface area contributed by atoms with Crippen LogP contribution in [-0.2, 0) is 14.3 Å². The van der Waals surface area contributed by atoms with Gasteiger partial charge in [-0.1, -0.05) is 37.5 Å². The second kappa shape index (κ2) is 9.36. The van der Waals surface area contributed by atoms with E-state index < -0.39 is 12.0 Å². The second-order valence-electron chi connectivity index (χ2n) is 7.11. The fourth-order valence-corrected chi connectivity index (χ4v) is 3.17. The highest BCUT2D eigenvalue weighted by Gasteiger charge is 2.24. The van der Waals surface area contributed by atoms with Crippen molar-refractivity contribution in [2.24, 2.45) is 5.92 Å². The number of amides is 2. The van der Waals surface area contributed by atoms with E-state index in [0.29, 0.717) is 11.5 Å². The Morgan fingerprint density at radius 2 is 1.96 bits per heavy atom. The minimum atomic E-state index is -0.829. The van der Waals surface area contributed by atoms with Crippen molar-refractivity contribution in [3.8, 4) is 0 Å². The molecule has 2 rings (SSSR count). The van der Waals surface area contributed by atoms with Gasteiger partial charge in [0.05, 0.1) is 0 Å². The van der Waals surface area contributed by atoms with Gasteiger partial charge in [-0.15, -0.1) is 0 Å². The van der Waals surface area contributed by atoms with Crippen molar-refractivity contribution in [2.75, 3.05) is 6.61 Å². The molecule has 3 atom stereocenters. The van der Waals surface area contributed by atoms with Gasteiger partial charge in [-0.05, 0) is 44.7 Å². The van der Waals surface area contributed by atoms with Crippen molar-refractivity contribution in [2.45, 2.75) is 58.5 Å². The van der Waals surface area contributed by atoms with E-state index in [2.05, 4.69) is 17.6 Å². The quantitative estimate of drug-likeness (QED) is 0.763. The predicted molar refractivity (Wildman–Crippen MR) is 98.6 cm³/mol. The van der Waals surface area contributed by atoms with Gasteiger partial charge in [0.25, 0.3) is 11.8 Å². The molecule has 0 bridgehead atoms. The molecule has 0 aliphatic heterocycles. The minimum absolute atomic E-state index is 0.147. The maximum absolute atomic E-state index is 12.2. The number of nitrogens with one attached hydrogen (secondary N) is 2. The second-order valence-corrected chi connectivity index (χ2v) is 7.11. The van der Waals surface area contributed by atoms with Crippen LogP contribution in [0.1, 0.15) is 55.5 Å². The fourth-order valence-electron chi connectivity index (χ4n) is 3.17. The van der Waals surface area contributed by atoms with Gasteiger partial charge < -0.3 is 15.4 Å². The minimum Gasteiger partial charge on any atom is -0.454 e. The van der Waals surface area contributed by atoms with Gasteiger partial charge in [-0.3, -0.25) is 9.59 Å². The highest BCUT2D eigenvalue weighted by molar-refractivity contribution is 5.97. The van der Waals surface area contributed by atoms with E-state index in [1.807, 2.05) is 13.0 Å². The molecule has 0 radical (unpaired) electrons. The van der Waals surface area contributed by atoms with Crippen molar-refractivity contribution >= 4 is 17.8 Å². The molecule has 0 unspecified atom stereocenters. The normalized spacial score (nSPS) is 20.7. The summed E-state index contributed by atoms with van der Waals surface area (Å²) in [4.78, 5) is 36.2. The average Bonchev–Trinajstić information content (AvgIpc) is 2.61. The number of aryl methyl sites for hydroxylation is 1. The molecular weight excluding hydrogens is 332 g/mol. The van der Waals surface area contributed by atoms with Gasteiger partial charge >= 0.3 is 5.97 Å². The third kappa shape index (κ3) is 5.86. The zero-order valence-electron chi connectivity index (χ0n) is 15.7. The van der Waals surface area contributed by atoms with Crippen LogP contribution in [-0.4, -0.2) is 36.5 Å². The zero-order valence-corrected chi connectivity index (χ0v) is 15.7.